The molecule has 1 amide bonds. The number of sulfonamides is 1. The summed E-state index contributed by atoms with van der Waals surface area (Å²) in [5.74, 6) is -0.710. The Morgan fingerprint density at radius 2 is 1.39 bits per heavy atom. The van der Waals surface area contributed by atoms with E-state index in [4.69, 9.17) is 0 Å². The summed E-state index contributed by atoms with van der Waals surface area (Å²) in [5.41, 5.74) is 0.928. The van der Waals surface area contributed by atoms with E-state index in [9.17, 15) is 26.4 Å². The topological polar surface area (TPSA) is 118 Å². The number of nitrogens with zero attached hydrogens (tertiary/aromatic N) is 1. The molecule has 1 aliphatic rings. The number of rotatable bonds is 6. The average Bonchev–Trinajstić information content (AvgIpc) is 2.73. The Bertz CT molecular complexity index is 1180. The van der Waals surface area contributed by atoms with Gasteiger partial charge in [0.1, 0.15) is 0 Å². The van der Waals surface area contributed by atoms with Gasteiger partial charge < -0.3 is 5.32 Å². The molecule has 0 aromatic heterocycles. The average molecular weight is 465 g/mol. The van der Waals surface area contributed by atoms with Crippen molar-refractivity contribution in [1.29, 1.82) is 0 Å². The van der Waals surface area contributed by atoms with Crippen LogP contribution in [0.2, 0.25) is 0 Å². The lowest BCUT2D eigenvalue weighted by Crippen LogP contribution is -2.41. The fourth-order valence-corrected chi connectivity index (χ4v) is 5.50. The van der Waals surface area contributed by atoms with Gasteiger partial charge in [-0.3, -0.25) is 9.59 Å². The third-order valence-corrected chi connectivity index (χ3v) is 8.31. The third-order valence-electron chi connectivity index (χ3n) is 5.27. The van der Waals surface area contributed by atoms with E-state index in [1.165, 1.54) is 59.8 Å². The van der Waals surface area contributed by atoms with E-state index in [0.717, 1.165) is 6.26 Å². The van der Waals surface area contributed by atoms with Crippen molar-refractivity contribution in [2.75, 3.05) is 24.7 Å². The minimum atomic E-state index is -3.70. The molecule has 0 aliphatic carbocycles. The maximum Gasteiger partial charge on any atom is 0.243 e. The number of anilines is 1. The van der Waals surface area contributed by atoms with Crippen molar-refractivity contribution in [3.63, 3.8) is 0 Å². The molecule has 166 valence electrons. The highest BCUT2D eigenvalue weighted by Crippen LogP contribution is 2.25. The van der Waals surface area contributed by atoms with Gasteiger partial charge in [0.05, 0.1) is 9.79 Å². The highest BCUT2D eigenvalue weighted by atomic mass is 32.2. The molecule has 0 atom stereocenters. The molecule has 0 unspecified atom stereocenters. The summed E-state index contributed by atoms with van der Waals surface area (Å²) in [7, 11) is -7.01. The van der Waals surface area contributed by atoms with Crippen molar-refractivity contribution in [2.24, 2.45) is 5.92 Å². The van der Waals surface area contributed by atoms with Crippen molar-refractivity contribution in [3.05, 3.63) is 54.1 Å². The first-order valence-corrected chi connectivity index (χ1v) is 13.0. The predicted octanol–water partition coefficient (Wildman–Crippen LogP) is 2.33. The lowest BCUT2D eigenvalue weighted by atomic mass is 9.97. The molecule has 0 radical (unpaired) electrons. The molecule has 2 aromatic rings. The van der Waals surface area contributed by atoms with Crippen LogP contribution in [0.25, 0.3) is 0 Å². The van der Waals surface area contributed by atoms with Crippen molar-refractivity contribution in [1.82, 2.24) is 4.31 Å². The molecule has 10 heteroatoms. The van der Waals surface area contributed by atoms with Gasteiger partial charge in [0, 0.05) is 36.5 Å². The molecule has 0 bridgehead atoms. The van der Waals surface area contributed by atoms with Crippen LogP contribution in [0.15, 0.2) is 58.3 Å². The van der Waals surface area contributed by atoms with E-state index in [1.54, 1.807) is 0 Å². The van der Waals surface area contributed by atoms with Crippen LogP contribution in [0.1, 0.15) is 30.1 Å². The van der Waals surface area contributed by atoms with Crippen molar-refractivity contribution in [2.45, 2.75) is 29.6 Å². The van der Waals surface area contributed by atoms with Crippen molar-refractivity contribution >= 4 is 37.2 Å². The number of nitrogens with one attached hydrogen (secondary N) is 1. The van der Waals surface area contributed by atoms with Gasteiger partial charge in [0.2, 0.25) is 15.9 Å². The van der Waals surface area contributed by atoms with Gasteiger partial charge in [0.15, 0.2) is 15.6 Å². The van der Waals surface area contributed by atoms with Gasteiger partial charge in [-0.1, -0.05) is 12.1 Å². The molecule has 1 aliphatic heterocycles. The lowest BCUT2D eigenvalue weighted by Gasteiger charge is -2.30. The fraction of sp³-hybridized carbons (Fsp3) is 0.333. The van der Waals surface area contributed by atoms with Gasteiger partial charge >= 0.3 is 0 Å². The number of carbonyl (C=O) groups is 2. The van der Waals surface area contributed by atoms with Gasteiger partial charge in [-0.2, -0.15) is 4.31 Å². The zero-order chi connectivity index (χ0) is 22.8. The molecule has 31 heavy (non-hydrogen) atoms. The fourth-order valence-electron chi connectivity index (χ4n) is 3.40. The summed E-state index contributed by atoms with van der Waals surface area (Å²) in [5, 5.41) is 2.76. The molecular formula is C21H24N2O6S2. The molecule has 2 aromatic carbocycles. The van der Waals surface area contributed by atoms with Gasteiger partial charge in [-0.25, -0.2) is 16.8 Å². The van der Waals surface area contributed by atoms with E-state index < -0.39 is 19.9 Å². The Labute approximate surface area is 182 Å². The molecule has 1 heterocycles. The molecule has 8 nitrogen and oxygen atoms in total. The first-order chi connectivity index (χ1) is 14.5. The predicted molar refractivity (Wildman–Crippen MR) is 116 cm³/mol. The molecule has 0 saturated carbocycles. The number of ketones is 1. The Morgan fingerprint density at radius 3 is 1.87 bits per heavy atom. The van der Waals surface area contributed by atoms with E-state index in [1.807, 2.05) is 0 Å². The van der Waals surface area contributed by atoms with Crippen molar-refractivity contribution in [3.8, 4) is 0 Å². The first kappa shape index (κ1) is 23.1. The summed E-state index contributed by atoms with van der Waals surface area (Å²) in [6, 6.07) is 11.7. The molecule has 0 spiro atoms. The summed E-state index contributed by atoms with van der Waals surface area (Å²) in [4.78, 5) is 24.2. The smallest absolute Gasteiger partial charge is 0.243 e. The molecular weight excluding hydrogens is 440 g/mol. The van der Waals surface area contributed by atoms with Crippen LogP contribution in [-0.2, 0) is 24.7 Å². The van der Waals surface area contributed by atoms with Crippen LogP contribution in [0.3, 0.4) is 0 Å². The Kier molecular flexibility index (Phi) is 6.63. The monoisotopic (exact) mass is 464 g/mol. The second kappa shape index (κ2) is 8.89. The SMILES string of the molecule is CC(=O)c1ccc(S(=O)(=O)N2CCC(C(=O)Nc3ccc(S(C)(=O)=O)cc3)CC2)cc1. The summed E-state index contributed by atoms with van der Waals surface area (Å²) in [6.07, 6.45) is 1.86. The quantitative estimate of drug-likeness (QED) is 0.656. The Balaban J connectivity index is 1.60. The Morgan fingerprint density at radius 1 is 0.871 bits per heavy atom. The van der Waals surface area contributed by atoms with E-state index in [-0.39, 0.29) is 40.5 Å². The van der Waals surface area contributed by atoms with Crippen LogP contribution in [-0.4, -0.2) is 52.2 Å². The zero-order valence-electron chi connectivity index (χ0n) is 17.2. The maximum absolute atomic E-state index is 12.8. The number of Topliss-reactive ketones (excluding diaryl/α,β-unsaturated/α-hetero) is 1. The van der Waals surface area contributed by atoms with Crippen LogP contribution in [0.5, 0.6) is 0 Å². The zero-order valence-corrected chi connectivity index (χ0v) is 18.9. The highest BCUT2D eigenvalue weighted by Gasteiger charge is 2.32. The number of benzene rings is 2. The van der Waals surface area contributed by atoms with Crippen LogP contribution < -0.4 is 5.32 Å². The van der Waals surface area contributed by atoms with Gasteiger partial charge in [-0.05, 0) is 56.2 Å². The Hall–Kier alpha value is -2.56. The standard InChI is InChI=1S/C21H24N2O6S2/c1-15(24)16-3-7-20(8-4-16)31(28,29)23-13-11-17(12-14-23)21(25)22-18-5-9-19(10-6-18)30(2,26)27/h3-10,17H,11-14H2,1-2H3,(H,22,25). The minimum Gasteiger partial charge on any atom is -0.326 e. The molecule has 3 rings (SSSR count). The largest absolute Gasteiger partial charge is 0.326 e. The molecule has 1 N–H and O–H groups in total. The molecule has 1 fully saturated rings. The number of carbonyl (C=O) groups excluding carboxylic acids is 2. The van der Waals surface area contributed by atoms with E-state index in [0.29, 0.717) is 24.1 Å². The van der Waals surface area contributed by atoms with Crippen molar-refractivity contribution < 1.29 is 26.4 Å². The number of sulfone groups is 1. The highest BCUT2D eigenvalue weighted by molar-refractivity contribution is 7.90. The number of hydrogen-bond acceptors (Lipinski definition) is 6. The second-order valence-electron chi connectivity index (χ2n) is 7.54. The second-order valence-corrected chi connectivity index (χ2v) is 11.5. The normalized spacial score (nSPS) is 16.1. The van der Waals surface area contributed by atoms with Crippen LogP contribution >= 0.6 is 0 Å². The third kappa shape index (κ3) is 5.38. The van der Waals surface area contributed by atoms with E-state index in [2.05, 4.69) is 5.32 Å². The number of amides is 1. The summed E-state index contributed by atoms with van der Waals surface area (Å²) < 4.78 is 50.1. The minimum absolute atomic E-state index is 0.117. The molecule has 1 saturated heterocycles. The summed E-state index contributed by atoms with van der Waals surface area (Å²) in [6.45, 7) is 1.84. The number of hydrogen-bond donors (Lipinski definition) is 1. The van der Waals surface area contributed by atoms with Crippen LogP contribution in [0.4, 0.5) is 5.69 Å². The first-order valence-electron chi connectivity index (χ1n) is 9.70. The number of piperidine rings is 1. The van der Waals surface area contributed by atoms with Gasteiger partial charge in [-0.15, -0.1) is 0 Å². The van der Waals surface area contributed by atoms with E-state index >= 15 is 0 Å². The van der Waals surface area contributed by atoms with Gasteiger partial charge in [0.25, 0.3) is 0 Å². The lowest BCUT2D eigenvalue weighted by molar-refractivity contribution is -0.120. The maximum atomic E-state index is 12.8. The summed E-state index contributed by atoms with van der Waals surface area (Å²) >= 11 is 0. The van der Waals surface area contributed by atoms with Crippen LogP contribution in [0, 0.1) is 5.92 Å².